The lowest BCUT2D eigenvalue weighted by Gasteiger charge is -2.35. The molecule has 1 saturated carbocycles. The average molecular weight is 558 g/mol. The summed E-state index contributed by atoms with van der Waals surface area (Å²) in [5.74, 6) is -0.412. The summed E-state index contributed by atoms with van der Waals surface area (Å²) in [7, 11) is -7.90. The van der Waals surface area contributed by atoms with Crippen molar-refractivity contribution in [1.82, 2.24) is 4.90 Å². The van der Waals surface area contributed by atoms with Crippen LogP contribution in [0.25, 0.3) is 0 Å². The number of fused-ring (bicyclic) bond motifs is 1. The third-order valence-corrected chi connectivity index (χ3v) is 10.8. The number of hydrogen-bond acceptors (Lipinski definition) is 7. The van der Waals surface area contributed by atoms with E-state index in [-0.39, 0.29) is 33.3 Å². The molecule has 2 aliphatic heterocycles. The third kappa shape index (κ3) is 4.72. The van der Waals surface area contributed by atoms with Crippen LogP contribution in [0.15, 0.2) is 44.5 Å². The van der Waals surface area contributed by atoms with E-state index in [2.05, 4.69) is 10.0 Å². The quantitative estimate of drug-likeness (QED) is 0.455. The number of aliphatic hydroxyl groups is 1. The molecule has 1 amide bonds. The molecular formula is C24H32ClN3O6S2. The summed E-state index contributed by atoms with van der Waals surface area (Å²) in [6.45, 7) is 10.1. The molecule has 2 heterocycles. The van der Waals surface area contributed by atoms with Crippen LogP contribution in [0.4, 0.5) is 11.4 Å². The molecular weight excluding hydrogens is 526 g/mol. The summed E-state index contributed by atoms with van der Waals surface area (Å²) < 4.78 is 53.2. The highest BCUT2D eigenvalue weighted by Gasteiger charge is 2.48. The van der Waals surface area contributed by atoms with Gasteiger partial charge in [-0.1, -0.05) is 46.2 Å². The van der Waals surface area contributed by atoms with Gasteiger partial charge in [-0.3, -0.25) is 9.52 Å². The van der Waals surface area contributed by atoms with Crippen LogP contribution in [0, 0.1) is 11.3 Å². The van der Waals surface area contributed by atoms with E-state index < -0.39 is 46.8 Å². The van der Waals surface area contributed by atoms with Gasteiger partial charge in [0.25, 0.3) is 5.91 Å². The smallest absolute Gasteiger partial charge is 0.260 e. The van der Waals surface area contributed by atoms with Crippen molar-refractivity contribution in [1.29, 1.82) is 0 Å². The number of nitrogens with zero attached hydrogens (tertiary/aromatic N) is 1. The SMILES string of the molecule is CC(C)CCN1C(=O)C(C2=C(Cl)S(=O)(=O)c3cc(NS(=O)(=O)C4CC4)ccc3N2)=C(O)[C@@H]1C(C)(C)C. The van der Waals surface area contributed by atoms with Crippen molar-refractivity contribution >= 4 is 48.7 Å². The molecule has 3 N–H and O–H groups in total. The first-order valence-electron chi connectivity index (χ1n) is 11.9. The summed E-state index contributed by atoms with van der Waals surface area (Å²) in [6.07, 6.45) is 1.84. The number of aliphatic hydroxyl groups excluding tert-OH is 1. The molecule has 0 saturated heterocycles. The van der Waals surface area contributed by atoms with Crippen molar-refractivity contribution in [2.24, 2.45) is 11.3 Å². The fraction of sp³-hybridized carbons (Fsp3) is 0.542. The number of rotatable bonds is 7. The van der Waals surface area contributed by atoms with E-state index in [9.17, 15) is 26.7 Å². The average Bonchev–Trinajstić information content (AvgIpc) is 3.57. The summed E-state index contributed by atoms with van der Waals surface area (Å²) >= 11 is 6.37. The second-order valence-corrected chi connectivity index (χ2v) is 15.5. The summed E-state index contributed by atoms with van der Waals surface area (Å²) in [6, 6.07) is 3.40. The van der Waals surface area contributed by atoms with Gasteiger partial charge >= 0.3 is 0 Å². The molecule has 3 aliphatic rings. The van der Waals surface area contributed by atoms with Gasteiger partial charge in [-0.15, -0.1) is 0 Å². The molecule has 0 radical (unpaired) electrons. The second kappa shape index (κ2) is 8.95. The van der Waals surface area contributed by atoms with Crippen molar-refractivity contribution in [3.63, 3.8) is 0 Å². The number of nitrogens with one attached hydrogen (secondary N) is 2. The van der Waals surface area contributed by atoms with Gasteiger partial charge < -0.3 is 15.3 Å². The molecule has 1 aliphatic carbocycles. The van der Waals surface area contributed by atoms with Crippen molar-refractivity contribution in [3.05, 3.63) is 39.6 Å². The van der Waals surface area contributed by atoms with Crippen LogP contribution in [-0.4, -0.2) is 50.6 Å². The van der Waals surface area contributed by atoms with Crippen LogP contribution in [0.2, 0.25) is 0 Å². The Morgan fingerprint density at radius 2 is 1.89 bits per heavy atom. The highest BCUT2D eigenvalue weighted by atomic mass is 35.5. The standard InChI is InChI=1S/C24H32ClN3O6S2/c1-13(2)10-11-28-21(24(3,4)5)20(29)18(23(28)30)19-22(25)35(31,32)17-12-14(6-9-16(17)26-19)27-36(33,34)15-7-8-15/h6,9,12-13,15,21,26-27,29H,7-8,10-11H2,1-5H3/t21-/m1/s1. The van der Waals surface area contributed by atoms with Gasteiger partial charge in [0.05, 0.1) is 27.6 Å². The lowest BCUT2D eigenvalue weighted by atomic mass is 9.85. The van der Waals surface area contributed by atoms with Crippen molar-refractivity contribution in [3.8, 4) is 0 Å². The lowest BCUT2D eigenvalue weighted by Crippen LogP contribution is -2.44. The zero-order chi connectivity index (χ0) is 26.8. The molecule has 36 heavy (non-hydrogen) atoms. The molecule has 1 aromatic rings. The normalized spacial score (nSPS) is 22.2. The van der Waals surface area contributed by atoms with Gasteiger partial charge in [-0.05, 0) is 48.8 Å². The number of benzene rings is 1. The molecule has 0 unspecified atom stereocenters. The first-order valence-corrected chi connectivity index (χ1v) is 15.3. The number of amides is 1. The van der Waals surface area contributed by atoms with E-state index in [0.29, 0.717) is 31.7 Å². The van der Waals surface area contributed by atoms with Crippen molar-refractivity contribution in [2.75, 3.05) is 16.6 Å². The third-order valence-electron chi connectivity index (χ3n) is 6.51. The van der Waals surface area contributed by atoms with E-state index in [1.54, 1.807) is 4.90 Å². The van der Waals surface area contributed by atoms with Crippen molar-refractivity contribution < 1.29 is 26.7 Å². The Morgan fingerprint density at radius 3 is 2.44 bits per heavy atom. The number of anilines is 2. The van der Waals surface area contributed by atoms with Crippen LogP contribution in [-0.2, 0) is 24.7 Å². The monoisotopic (exact) mass is 557 g/mol. The molecule has 1 atom stereocenters. The fourth-order valence-electron chi connectivity index (χ4n) is 4.51. The Balaban J connectivity index is 1.75. The Bertz CT molecular complexity index is 1390. The molecule has 4 rings (SSSR count). The van der Waals surface area contributed by atoms with Gasteiger partial charge in [-0.2, -0.15) is 0 Å². The number of sulfonamides is 1. The predicted octanol–water partition coefficient (Wildman–Crippen LogP) is 4.31. The molecule has 12 heteroatoms. The largest absolute Gasteiger partial charge is 0.509 e. The number of carbonyl (C=O) groups is 1. The molecule has 9 nitrogen and oxygen atoms in total. The molecule has 1 aromatic carbocycles. The van der Waals surface area contributed by atoms with E-state index in [1.165, 1.54) is 18.2 Å². The Kier molecular flexibility index (Phi) is 6.67. The number of halogens is 1. The van der Waals surface area contributed by atoms with Gasteiger partial charge in [0.1, 0.15) is 11.3 Å². The first kappa shape index (κ1) is 26.8. The maximum Gasteiger partial charge on any atom is 0.260 e. The lowest BCUT2D eigenvalue weighted by molar-refractivity contribution is -0.128. The summed E-state index contributed by atoms with van der Waals surface area (Å²) in [5.41, 5.74) is -0.643. The topological polar surface area (TPSA) is 133 Å². The zero-order valence-electron chi connectivity index (χ0n) is 20.9. The molecule has 0 aromatic heterocycles. The van der Waals surface area contributed by atoms with Crippen LogP contribution in [0.3, 0.4) is 0 Å². The van der Waals surface area contributed by atoms with Crippen LogP contribution < -0.4 is 10.0 Å². The molecule has 1 fully saturated rings. The van der Waals surface area contributed by atoms with Gasteiger partial charge in [0.15, 0.2) is 4.36 Å². The highest BCUT2D eigenvalue weighted by Crippen LogP contribution is 2.45. The Hall–Kier alpha value is -2.24. The van der Waals surface area contributed by atoms with E-state index in [0.717, 1.165) is 0 Å². The maximum atomic E-state index is 13.5. The van der Waals surface area contributed by atoms with Gasteiger partial charge in [0.2, 0.25) is 19.9 Å². The number of sulfone groups is 1. The zero-order valence-corrected chi connectivity index (χ0v) is 23.3. The van der Waals surface area contributed by atoms with Crippen LogP contribution >= 0.6 is 11.6 Å². The fourth-order valence-corrected chi connectivity index (χ4v) is 7.58. The van der Waals surface area contributed by atoms with Crippen molar-refractivity contribution in [2.45, 2.75) is 70.1 Å². The molecule has 198 valence electrons. The van der Waals surface area contributed by atoms with Crippen LogP contribution in [0.1, 0.15) is 53.9 Å². The minimum absolute atomic E-state index is 0.102. The number of carbonyl (C=O) groups excluding carboxylic acids is 1. The van der Waals surface area contributed by atoms with Gasteiger partial charge in [-0.25, -0.2) is 16.8 Å². The molecule has 0 bridgehead atoms. The van der Waals surface area contributed by atoms with Gasteiger partial charge in [0, 0.05) is 12.2 Å². The first-order chi connectivity index (χ1) is 16.6. The predicted molar refractivity (Wildman–Crippen MR) is 140 cm³/mol. The van der Waals surface area contributed by atoms with E-state index >= 15 is 0 Å². The highest BCUT2D eigenvalue weighted by molar-refractivity contribution is 7.97. The Morgan fingerprint density at radius 1 is 1.25 bits per heavy atom. The second-order valence-electron chi connectivity index (χ2n) is 11.0. The van der Waals surface area contributed by atoms with Crippen LogP contribution in [0.5, 0.6) is 0 Å². The maximum absolute atomic E-state index is 13.5. The molecule has 0 spiro atoms. The Labute approximate surface area is 217 Å². The summed E-state index contributed by atoms with van der Waals surface area (Å²) in [4.78, 5) is 14.9. The minimum atomic E-state index is -4.30. The summed E-state index contributed by atoms with van der Waals surface area (Å²) in [5, 5.41) is 13.7. The number of hydrogen-bond donors (Lipinski definition) is 3. The minimum Gasteiger partial charge on any atom is -0.509 e. The van der Waals surface area contributed by atoms with E-state index in [1.807, 2.05) is 34.6 Å². The van der Waals surface area contributed by atoms with E-state index in [4.69, 9.17) is 11.6 Å².